The van der Waals surface area contributed by atoms with Gasteiger partial charge in [-0.2, -0.15) is 0 Å². The molecule has 1 unspecified atom stereocenters. The molecular formula is C14H15N3OS. The van der Waals surface area contributed by atoms with Gasteiger partial charge in [-0.1, -0.05) is 31.3 Å². The maximum absolute atomic E-state index is 12.1. The number of rotatable bonds is 4. The Morgan fingerprint density at radius 2 is 2.26 bits per heavy atom. The van der Waals surface area contributed by atoms with Gasteiger partial charge in [-0.3, -0.25) is 9.78 Å². The zero-order valence-electron chi connectivity index (χ0n) is 10.6. The minimum Gasteiger partial charge on any atom is -0.393 e. The summed E-state index contributed by atoms with van der Waals surface area (Å²) in [7, 11) is 0. The molecule has 0 fully saturated rings. The molecule has 1 aromatic carbocycles. The Kier molecular flexibility index (Phi) is 4.06. The highest BCUT2D eigenvalue weighted by molar-refractivity contribution is 7.80. The van der Waals surface area contributed by atoms with E-state index in [-0.39, 0.29) is 10.9 Å². The van der Waals surface area contributed by atoms with E-state index in [4.69, 9.17) is 18.0 Å². The summed E-state index contributed by atoms with van der Waals surface area (Å²) in [5, 5.41) is 4.79. The highest BCUT2D eigenvalue weighted by atomic mass is 32.1. The number of amides is 1. The Hall–Kier alpha value is -2.01. The lowest BCUT2D eigenvalue weighted by molar-refractivity contribution is -0.118. The number of anilines is 1. The maximum Gasteiger partial charge on any atom is 0.234 e. The van der Waals surface area contributed by atoms with E-state index in [9.17, 15) is 4.79 Å². The summed E-state index contributed by atoms with van der Waals surface area (Å²) in [5.41, 5.74) is 6.30. The molecule has 4 nitrogen and oxygen atoms in total. The number of nitrogens with two attached hydrogens (primary N) is 1. The lowest BCUT2D eigenvalue weighted by Crippen LogP contribution is -2.32. The van der Waals surface area contributed by atoms with Crippen molar-refractivity contribution in [3.05, 3.63) is 36.7 Å². The van der Waals surface area contributed by atoms with E-state index >= 15 is 0 Å². The van der Waals surface area contributed by atoms with Gasteiger partial charge < -0.3 is 11.1 Å². The van der Waals surface area contributed by atoms with Gasteiger partial charge >= 0.3 is 0 Å². The molecule has 0 saturated carbocycles. The molecule has 0 spiro atoms. The minimum atomic E-state index is -0.443. The second kappa shape index (κ2) is 5.75. The highest BCUT2D eigenvalue weighted by Crippen LogP contribution is 2.22. The quantitative estimate of drug-likeness (QED) is 0.840. The second-order valence-corrected chi connectivity index (χ2v) is 4.73. The lowest BCUT2D eigenvalue weighted by atomic mass is 10.1. The van der Waals surface area contributed by atoms with E-state index in [1.807, 2.05) is 31.2 Å². The van der Waals surface area contributed by atoms with Crippen LogP contribution in [0.1, 0.15) is 13.3 Å². The Labute approximate surface area is 117 Å². The number of carbonyl (C=O) groups excluding carboxylic acids is 1. The van der Waals surface area contributed by atoms with Crippen LogP contribution in [0.25, 0.3) is 10.8 Å². The van der Waals surface area contributed by atoms with Crippen molar-refractivity contribution >= 4 is 39.6 Å². The number of nitrogens with zero attached hydrogens (tertiary/aromatic N) is 1. The molecule has 1 aromatic heterocycles. The van der Waals surface area contributed by atoms with Gasteiger partial charge in [0, 0.05) is 17.8 Å². The van der Waals surface area contributed by atoms with E-state index < -0.39 is 5.92 Å². The Balaban J connectivity index is 2.31. The van der Waals surface area contributed by atoms with E-state index in [0.29, 0.717) is 6.42 Å². The van der Waals surface area contributed by atoms with E-state index in [1.165, 1.54) is 0 Å². The summed E-state index contributed by atoms with van der Waals surface area (Å²) in [6.07, 6.45) is 4.04. The molecule has 0 aliphatic heterocycles. The molecular weight excluding hydrogens is 258 g/mol. The Morgan fingerprint density at radius 3 is 2.95 bits per heavy atom. The summed E-state index contributed by atoms with van der Waals surface area (Å²) in [5.74, 6) is -0.617. The molecule has 1 amide bonds. The third-order valence-electron chi connectivity index (χ3n) is 3.01. The molecule has 3 N–H and O–H groups in total. The van der Waals surface area contributed by atoms with Crippen molar-refractivity contribution in [2.24, 2.45) is 11.7 Å². The normalized spacial score (nSPS) is 12.1. The van der Waals surface area contributed by atoms with E-state index in [0.717, 1.165) is 16.5 Å². The smallest absolute Gasteiger partial charge is 0.234 e. The molecule has 0 aliphatic carbocycles. The lowest BCUT2D eigenvalue weighted by Gasteiger charge is -2.14. The number of nitrogens with one attached hydrogen (secondary N) is 1. The fourth-order valence-electron chi connectivity index (χ4n) is 1.96. The topological polar surface area (TPSA) is 68.0 Å². The van der Waals surface area contributed by atoms with Crippen molar-refractivity contribution in [3.63, 3.8) is 0 Å². The summed E-state index contributed by atoms with van der Waals surface area (Å²) in [4.78, 5) is 16.4. The number of hydrogen-bond donors (Lipinski definition) is 2. The molecule has 5 heteroatoms. The van der Waals surface area contributed by atoms with Gasteiger partial charge in [0.15, 0.2) is 0 Å². The minimum absolute atomic E-state index is 0.175. The molecule has 2 aromatic rings. The standard InChI is InChI=1S/C14H15N3OS/c1-2-10(13(15)19)14(18)17-12-5-3-4-9-6-7-16-8-11(9)12/h3-8,10H,2H2,1H3,(H2,15,19)(H,17,18). The number of pyridine rings is 1. The molecule has 1 heterocycles. The van der Waals surface area contributed by atoms with Crippen LogP contribution in [-0.4, -0.2) is 15.9 Å². The first kappa shape index (κ1) is 13.4. The van der Waals surface area contributed by atoms with Crippen molar-refractivity contribution in [2.45, 2.75) is 13.3 Å². The van der Waals surface area contributed by atoms with Gasteiger partial charge in [-0.25, -0.2) is 0 Å². The third kappa shape index (κ3) is 2.88. The van der Waals surface area contributed by atoms with Crippen LogP contribution < -0.4 is 11.1 Å². The van der Waals surface area contributed by atoms with Crippen molar-refractivity contribution < 1.29 is 4.79 Å². The zero-order valence-corrected chi connectivity index (χ0v) is 11.4. The summed E-state index contributed by atoms with van der Waals surface area (Å²) in [6, 6.07) is 7.60. The first-order valence-electron chi connectivity index (χ1n) is 6.06. The first-order chi connectivity index (χ1) is 9.13. The van der Waals surface area contributed by atoms with Crippen LogP contribution >= 0.6 is 12.2 Å². The number of fused-ring (bicyclic) bond motifs is 1. The van der Waals surface area contributed by atoms with Crippen LogP contribution in [0.3, 0.4) is 0 Å². The van der Waals surface area contributed by atoms with Crippen molar-refractivity contribution in [1.29, 1.82) is 0 Å². The van der Waals surface area contributed by atoms with Crippen LogP contribution in [0.4, 0.5) is 5.69 Å². The van der Waals surface area contributed by atoms with Crippen LogP contribution in [0.15, 0.2) is 36.7 Å². The molecule has 19 heavy (non-hydrogen) atoms. The number of hydrogen-bond acceptors (Lipinski definition) is 3. The van der Waals surface area contributed by atoms with Gasteiger partial charge in [-0.15, -0.1) is 0 Å². The molecule has 0 bridgehead atoms. The first-order valence-corrected chi connectivity index (χ1v) is 6.47. The highest BCUT2D eigenvalue weighted by Gasteiger charge is 2.19. The monoisotopic (exact) mass is 273 g/mol. The number of aromatic nitrogens is 1. The van der Waals surface area contributed by atoms with Crippen molar-refractivity contribution in [3.8, 4) is 0 Å². The predicted octanol–water partition coefficient (Wildman–Crippen LogP) is 2.49. The molecule has 0 radical (unpaired) electrons. The van der Waals surface area contributed by atoms with Gasteiger partial charge in [0.25, 0.3) is 0 Å². The molecule has 0 aliphatic rings. The van der Waals surface area contributed by atoms with Crippen molar-refractivity contribution in [1.82, 2.24) is 4.98 Å². The third-order valence-corrected chi connectivity index (χ3v) is 3.29. The SMILES string of the molecule is CCC(C(=O)Nc1cccc2ccncc12)C(N)=S. The number of benzene rings is 1. The molecule has 98 valence electrons. The largest absolute Gasteiger partial charge is 0.393 e. The summed E-state index contributed by atoms with van der Waals surface area (Å²) >= 11 is 4.91. The maximum atomic E-state index is 12.1. The van der Waals surface area contributed by atoms with Crippen LogP contribution in [0.5, 0.6) is 0 Å². The average Bonchev–Trinajstić information content (AvgIpc) is 2.39. The van der Waals surface area contributed by atoms with E-state index in [2.05, 4.69) is 10.3 Å². The van der Waals surface area contributed by atoms with Crippen LogP contribution in [-0.2, 0) is 4.79 Å². The predicted molar refractivity (Wildman–Crippen MR) is 80.9 cm³/mol. The van der Waals surface area contributed by atoms with Gasteiger partial charge in [0.1, 0.15) is 0 Å². The van der Waals surface area contributed by atoms with Gasteiger partial charge in [0.05, 0.1) is 16.6 Å². The number of carbonyl (C=O) groups is 1. The van der Waals surface area contributed by atoms with Crippen LogP contribution in [0, 0.1) is 5.92 Å². The average molecular weight is 273 g/mol. The molecule has 0 saturated heterocycles. The fourth-order valence-corrected chi connectivity index (χ4v) is 2.23. The summed E-state index contributed by atoms with van der Waals surface area (Å²) in [6.45, 7) is 1.88. The van der Waals surface area contributed by atoms with Gasteiger partial charge in [0.2, 0.25) is 5.91 Å². The van der Waals surface area contributed by atoms with Gasteiger partial charge in [-0.05, 0) is 23.9 Å². The van der Waals surface area contributed by atoms with E-state index in [1.54, 1.807) is 12.4 Å². The zero-order chi connectivity index (χ0) is 13.8. The van der Waals surface area contributed by atoms with Crippen molar-refractivity contribution in [2.75, 3.05) is 5.32 Å². The van der Waals surface area contributed by atoms with Crippen LogP contribution in [0.2, 0.25) is 0 Å². The molecule has 2 rings (SSSR count). The fraction of sp³-hybridized carbons (Fsp3) is 0.214. The molecule has 1 atom stereocenters. The number of thiocarbonyl (C=S) groups is 1. The Bertz CT molecular complexity index is 622. The Morgan fingerprint density at radius 1 is 1.47 bits per heavy atom. The summed E-state index contributed by atoms with van der Waals surface area (Å²) < 4.78 is 0. The second-order valence-electron chi connectivity index (χ2n) is 4.25.